The summed E-state index contributed by atoms with van der Waals surface area (Å²) >= 11 is 6.15. The van der Waals surface area contributed by atoms with Crippen molar-refractivity contribution in [2.24, 2.45) is 4.99 Å². The first-order valence-electron chi connectivity index (χ1n) is 8.73. The minimum atomic E-state index is -0.314. The van der Waals surface area contributed by atoms with Crippen LogP contribution in [0.2, 0.25) is 5.02 Å². The van der Waals surface area contributed by atoms with Gasteiger partial charge in [0, 0.05) is 26.2 Å². The third-order valence-corrected chi connectivity index (χ3v) is 4.78. The van der Waals surface area contributed by atoms with Crippen LogP contribution in [0.15, 0.2) is 53.5 Å². The van der Waals surface area contributed by atoms with E-state index in [4.69, 9.17) is 11.6 Å². The number of guanidine groups is 1. The van der Waals surface area contributed by atoms with Gasteiger partial charge in [-0.25, -0.2) is 4.99 Å². The van der Waals surface area contributed by atoms with Crippen molar-refractivity contribution in [1.82, 2.24) is 15.1 Å². The molecule has 2 amide bonds. The number of piperazine rings is 1. The normalized spacial score (nSPS) is 14.8. The summed E-state index contributed by atoms with van der Waals surface area (Å²) in [6.45, 7) is 4.31. The Bertz CT molecular complexity index is 861. The maximum atomic E-state index is 12.7. The number of amides is 2. The fourth-order valence-electron chi connectivity index (χ4n) is 2.83. The number of rotatable bonds is 3. The number of hydrogen-bond acceptors (Lipinski definition) is 3. The Morgan fingerprint density at radius 3 is 2.41 bits per heavy atom. The summed E-state index contributed by atoms with van der Waals surface area (Å²) in [5.74, 6) is 0.144. The van der Waals surface area contributed by atoms with Gasteiger partial charge in [-0.2, -0.15) is 0 Å². The minimum Gasteiger partial charge on any atom is -0.342 e. The van der Waals surface area contributed by atoms with E-state index in [1.165, 1.54) is 0 Å². The molecular weight excluding hydrogens is 364 g/mol. The molecular formula is C20H21ClN4O2. The first-order valence-corrected chi connectivity index (χ1v) is 9.11. The van der Waals surface area contributed by atoms with Gasteiger partial charge in [-0.15, -0.1) is 0 Å². The largest absolute Gasteiger partial charge is 0.342 e. The van der Waals surface area contributed by atoms with Crippen molar-refractivity contribution in [1.29, 1.82) is 0 Å². The van der Waals surface area contributed by atoms with Gasteiger partial charge in [0.1, 0.15) is 0 Å². The summed E-state index contributed by atoms with van der Waals surface area (Å²) < 4.78 is 0. The minimum absolute atomic E-state index is 0.314. The lowest BCUT2D eigenvalue weighted by molar-refractivity contribution is -0.119. The summed E-state index contributed by atoms with van der Waals surface area (Å²) in [6, 6.07) is 14.6. The van der Waals surface area contributed by atoms with Crippen LogP contribution in [0.25, 0.3) is 0 Å². The Balaban J connectivity index is 1.88. The number of aliphatic imine (C=N–C) groups is 1. The first-order chi connectivity index (χ1) is 13.1. The van der Waals surface area contributed by atoms with Crippen LogP contribution >= 0.6 is 11.6 Å². The lowest BCUT2D eigenvalue weighted by Crippen LogP contribution is -2.53. The molecule has 6 nitrogen and oxygen atoms in total. The molecule has 0 radical (unpaired) electrons. The molecule has 1 saturated heterocycles. The van der Waals surface area contributed by atoms with E-state index in [2.05, 4.69) is 10.3 Å². The zero-order valence-corrected chi connectivity index (χ0v) is 15.8. The van der Waals surface area contributed by atoms with Crippen LogP contribution in [0.3, 0.4) is 0 Å². The number of carbonyl (C=O) groups is 2. The monoisotopic (exact) mass is 384 g/mol. The number of para-hydroxylation sites is 1. The Morgan fingerprint density at radius 1 is 1.07 bits per heavy atom. The Kier molecular flexibility index (Phi) is 6.08. The molecule has 1 heterocycles. The molecule has 27 heavy (non-hydrogen) atoms. The van der Waals surface area contributed by atoms with E-state index in [9.17, 15) is 9.59 Å². The summed E-state index contributed by atoms with van der Waals surface area (Å²) in [5, 5.41) is 3.28. The number of hydrogen-bond donors (Lipinski definition) is 1. The van der Waals surface area contributed by atoms with E-state index in [0.29, 0.717) is 42.7 Å². The average molecular weight is 385 g/mol. The maximum Gasteiger partial charge on any atom is 0.259 e. The highest BCUT2D eigenvalue weighted by atomic mass is 35.5. The van der Waals surface area contributed by atoms with Crippen molar-refractivity contribution >= 4 is 35.6 Å². The second kappa shape index (κ2) is 8.68. The zero-order valence-electron chi connectivity index (χ0n) is 15.1. The third-order valence-electron chi connectivity index (χ3n) is 4.45. The van der Waals surface area contributed by atoms with Crippen molar-refractivity contribution in [2.45, 2.75) is 6.92 Å². The smallest absolute Gasteiger partial charge is 0.259 e. The Labute approximate surface area is 163 Å². The topological polar surface area (TPSA) is 65.0 Å². The molecule has 1 aliphatic rings. The highest BCUT2D eigenvalue weighted by molar-refractivity contribution is 6.34. The molecule has 3 rings (SSSR count). The highest BCUT2D eigenvalue weighted by Crippen LogP contribution is 2.19. The molecule has 0 spiro atoms. The summed E-state index contributed by atoms with van der Waals surface area (Å²) in [7, 11) is 0. The molecule has 140 valence electrons. The van der Waals surface area contributed by atoms with E-state index in [1.807, 2.05) is 36.1 Å². The highest BCUT2D eigenvalue weighted by Gasteiger charge is 2.22. The van der Waals surface area contributed by atoms with Gasteiger partial charge in [0.25, 0.3) is 5.91 Å². The molecule has 1 N–H and O–H groups in total. The quantitative estimate of drug-likeness (QED) is 0.502. The number of nitrogens with one attached hydrogen (secondary N) is 1. The SMILES string of the molecule is Cc1ccccc1N=C(NC(=O)c1ccccc1Cl)N1CCN(C=O)CC1. The fourth-order valence-corrected chi connectivity index (χ4v) is 3.06. The number of benzene rings is 2. The predicted octanol–water partition coefficient (Wildman–Crippen LogP) is 2.84. The van der Waals surface area contributed by atoms with Crippen LogP contribution < -0.4 is 5.32 Å². The molecule has 0 aromatic heterocycles. The summed E-state index contributed by atoms with van der Waals surface area (Å²) in [4.78, 5) is 32.1. The van der Waals surface area contributed by atoms with E-state index in [1.54, 1.807) is 29.2 Å². The predicted molar refractivity (Wildman–Crippen MR) is 106 cm³/mol. The van der Waals surface area contributed by atoms with Crippen LogP contribution in [0.1, 0.15) is 15.9 Å². The van der Waals surface area contributed by atoms with E-state index in [-0.39, 0.29) is 5.91 Å². The molecule has 2 aromatic rings. The lowest BCUT2D eigenvalue weighted by Gasteiger charge is -2.34. The van der Waals surface area contributed by atoms with Crippen molar-refractivity contribution in [3.63, 3.8) is 0 Å². The van der Waals surface area contributed by atoms with Gasteiger partial charge in [-0.05, 0) is 30.7 Å². The van der Waals surface area contributed by atoms with E-state index < -0.39 is 0 Å². The second-order valence-electron chi connectivity index (χ2n) is 6.28. The second-order valence-corrected chi connectivity index (χ2v) is 6.69. The van der Waals surface area contributed by atoms with Crippen molar-refractivity contribution in [3.8, 4) is 0 Å². The number of carbonyl (C=O) groups excluding carboxylic acids is 2. The van der Waals surface area contributed by atoms with Gasteiger partial charge in [0.05, 0.1) is 16.3 Å². The number of aryl methyl sites for hydroxylation is 1. The van der Waals surface area contributed by atoms with Crippen LogP contribution in [-0.4, -0.2) is 54.3 Å². The molecule has 7 heteroatoms. The van der Waals surface area contributed by atoms with Crippen molar-refractivity contribution < 1.29 is 9.59 Å². The van der Waals surface area contributed by atoms with Crippen molar-refractivity contribution in [3.05, 3.63) is 64.7 Å². The van der Waals surface area contributed by atoms with Crippen LogP contribution in [0, 0.1) is 6.92 Å². The zero-order chi connectivity index (χ0) is 19.2. The molecule has 0 aliphatic carbocycles. The Hall–Kier alpha value is -2.86. The third kappa shape index (κ3) is 4.65. The number of halogens is 1. The van der Waals surface area contributed by atoms with Gasteiger partial charge < -0.3 is 9.80 Å². The molecule has 1 aliphatic heterocycles. The lowest BCUT2D eigenvalue weighted by atomic mass is 10.2. The number of nitrogens with zero attached hydrogens (tertiary/aromatic N) is 3. The van der Waals surface area contributed by atoms with Gasteiger partial charge in [-0.1, -0.05) is 41.9 Å². The van der Waals surface area contributed by atoms with E-state index in [0.717, 1.165) is 17.7 Å². The molecule has 0 bridgehead atoms. The maximum absolute atomic E-state index is 12.7. The molecule has 0 unspecified atom stereocenters. The average Bonchev–Trinajstić information content (AvgIpc) is 2.69. The molecule has 0 saturated carbocycles. The standard InChI is InChI=1S/C20H21ClN4O2/c1-15-6-2-5-9-18(15)22-20(25-12-10-24(14-26)11-13-25)23-19(27)16-7-3-4-8-17(16)21/h2-9,14H,10-13H2,1H3,(H,22,23,27). The van der Waals surface area contributed by atoms with Crippen LogP contribution in [0.4, 0.5) is 5.69 Å². The molecule has 1 fully saturated rings. The first kappa shape index (κ1) is 18.9. The van der Waals surface area contributed by atoms with E-state index >= 15 is 0 Å². The van der Waals surface area contributed by atoms with Gasteiger partial charge in [0.2, 0.25) is 12.4 Å². The van der Waals surface area contributed by atoms with Crippen LogP contribution in [0.5, 0.6) is 0 Å². The van der Waals surface area contributed by atoms with Crippen molar-refractivity contribution in [2.75, 3.05) is 26.2 Å². The molecule has 2 aromatic carbocycles. The van der Waals surface area contributed by atoms with Gasteiger partial charge >= 0.3 is 0 Å². The van der Waals surface area contributed by atoms with Gasteiger partial charge in [0.15, 0.2) is 0 Å². The Morgan fingerprint density at radius 2 is 1.74 bits per heavy atom. The molecule has 0 atom stereocenters. The summed E-state index contributed by atoms with van der Waals surface area (Å²) in [5.41, 5.74) is 2.18. The summed E-state index contributed by atoms with van der Waals surface area (Å²) in [6.07, 6.45) is 0.845. The van der Waals surface area contributed by atoms with Crippen LogP contribution in [-0.2, 0) is 4.79 Å². The fraction of sp³-hybridized carbons (Fsp3) is 0.250. The van der Waals surface area contributed by atoms with Gasteiger partial charge in [-0.3, -0.25) is 14.9 Å².